The molecular formula is C15H23N3O. The van der Waals surface area contributed by atoms with Gasteiger partial charge in [0.2, 0.25) is 5.91 Å². The molecule has 0 aromatic heterocycles. The molecule has 1 amide bonds. The third-order valence-electron chi connectivity index (χ3n) is 3.68. The topological polar surface area (TPSA) is 35.6 Å². The van der Waals surface area contributed by atoms with Crippen molar-refractivity contribution in [2.24, 2.45) is 0 Å². The highest BCUT2D eigenvalue weighted by molar-refractivity contribution is 5.80. The van der Waals surface area contributed by atoms with E-state index in [9.17, 15) is 4.79 Å². The minimum atomic E-state index is 0.117. The molecule has 1 aromatic carbocycles. The molecule has 1 saturated heterocycles. The number of nitrogens with zero attached hydrogens (tertiary/aromatic N) is 2. The van der Waals surface area contributed by atoms with Gasteiger partial charge in [-0.15, -0.1) is 0 Å². The van der Waals surface area contributed by atoms with Crippen molar-refractivity contribution < 1.29 is 4.79 Å². The molecule has 1 aliphatic rings. The van der Waals surface area contributed by atoms with Crippen LogP contribution < -0.4 is 10.2 Å². The van der Waals surface area contributed by atoms with Crippen molar-refractivity contribution in [1.29, 1.82) is 0 Å². The van der Waals surface area contributed by atoms with Gasteiger partial charge in [-0.1, -0.05) is 0 Å². The number of carbonyl (C=O) groups is 1. The lowest BCUT2D eigenvalue weighted by Gasteiger charge is -2.18. The summed E-state index contributed by atoms with van der Waals surface area (Å²) in [7, 11) is 1.82. The molecule has 19 heavy (non-hydrogen) atoms. The summed E-state index contributed by atoms with van der Waals surface area (Å²) < 4.78 is 0. The van der Waals surface area contributed by atoms with E-state index in [-0.39, 0.29) is 5.91 Å². The van der Waals surface area contributed by atoms with Gasteiger partial charge in [-0.3, -0.25) is 4.79 Å². The fraction of sp³-hybridized carbons (Fsp3) is 0.533. The highest BCUT2D eigenvalue weighted by Gasteiger charge is 2.12. The van der Waals surface area contributed by atoms with E-state index in [1.165, 1.54) is 18.5 Å². The van der Waals surface area contributed by atoms with Gasteiger partial charge in [-0.2, -0.15) is 0 Å². The largest absolute Gasteiger partial charge is 0.376 e. The SMILES string of the molecule is CCN(C)C(=O)CNc1ccc(N2CCCC2)cc1. The minimum Gasteiger partial charge on any atom is -0.376 e. The second kappa shape index (κ2) is 6.45. The zero-order chi connectivity index (χ0) is 13.7. The van der Waals surface area contributed by atoms with Crippen LogP contribution in [0.1, 0.15) is 19.8 Å². The molecule has 1 N–H and O–H groups in total. The first-order valence-corrected chi connectivity index (χ1v) is 7.03. The summed E-state index contributed by atoms with van der Waals surface area (Å²) in [4.78, 5) is 15.8. The van der Waals surface area contributed by atoms with Crippen LogP contribution in [-0.4, -0.2) is 44.0 Å². The van der Waals surface area contributed by atoms with E-state index in [0.717, 1.165) is 25.3 Å². The number of hydrogen-bond donors (Lipinski definition) is 1. The van der Waals surface area contributed by atoms with Crippen LogP contribution in [0.4, 0.5) is 11.4 Å². The van der Waals surface area contributed by atoms with Gasteiger partial charge in [0.1, 0.15) is 0 Å². The summed E-state index contributed by atoms with van der Waals surface area (Å²) in [5.41, 5.74) is 2.28. The smallest absolute Gasteiger partial charge is 0.241 e. The van der Waals surface area contributed by atoms with E-state index in [1.807, 2.05) is 26.1 Å². The molecule has 0 unspecified atom stereocenters. The molecule has 1 aliphatic heterocycles. The van der Waals surface area contributed by atoms with Gasteiger partial charge in [0.05, 0.1) is 6.54 Å². The Hall–Kier alpha value is -1.71. The van der Waals surface area contributed by atoms with Crippen molar-refractivity contribution >= 4 is 17.3 Å². The first-order valence-electron chi connectivity index (χ1n) is 7.03. The third kappa shape index (κ3) is 3.63. The second-order valence-corrected chi connectivity index (χ2v) is 5.00. The number of likely N-dealkylation sites (N-methyl/N-ethyl adjacent to an activating group) is 1. The van der Waals surface area contributed by atoms with Crippen molar-refractivity contribution in [2.75, 3.05) is 43.4 Å². The Morgan fingerprint density at radius 3 is 2.47 bits per heavy atom. The fourth-order valence-corrected chi connectivity index (χ4v) is 2.25. The molecule has 2 rings (SSSR count). The summed E-state index contributed by atoms with van der Waals surface area (Å²) in [6.07, 6.45) is 2.58. The molecule has 0 bridgehead atoms. The maximum absolute atomic E-state index is 11.7. The normalized spacial score (nSPS) is 14.5. The van der Waals surface area contributed by atoms with Crippen LogP contribution in [0, 0.1) is 0 Å². The molecule has 0 spiro atoms. The van der Waals surface area contributed by atoms with Gasteiger partial charge in [-0.25, -0.2) is 0 Å². The van der Waals surface area contributed by atoms with Crippen molar-refractivity contribution in [3.05, 3.63) is 24.3 Å². The van der Waals surface area contributed by atoms with Gasteiger partial charge in [0, 0.05) is 38.1 Å². The highest BCUT2D eigenvalue weighted by Crippen LogP contribution is 2.21. The molecule has 0 radical (unpaired) electrons. The monoisotopic (exact) mass is 261 g/mol. The Balaban J connectivity index is 1.86. The number of amides is 1. The number of rotatable bonds is 5. The fourth-order valence-electron chi connectivity index (χ4n) is 2.25. The molecule has 104 valence electrons. The summed E-state index contributed by atoms with van der Waals surface area (Å²) >= 11 is 0. The van der Waals surface area contributed by atoms with Crippen molar-refractivity contribution in [2.45, 2.75) is 19.8 Å². The Morgan fingerprint density at radius 2 is 1.89 bits per heavy atom. The zero-order valence-corrected chi connectivity index (χ0v) is 11.9. The first-order chi connectivity index (χ1) is 9.20. The number of nitrogens with one attached hydrogen (secondary N) is 1. The second-order valence-electron chi connectivity index (χ2n) is 5.00. The maximum atomic E-state index is 11.7. The molecule has 0 aliphatic carbocycles. The quantitative estimate of drug-likeness (QED) is 0.882. The predicted octanol–water partition coefficient (Wildman–Crippen LogP) is 2.18. The lowest BCUT2D eigenvalue weighted by Crippen LogP contribution is -2.31. The van der Waals surface area contributed by atoms with Gasteiger partial charge in [0.15, 0.2) is 0 Å². The van der Waals surface area contributed by atoms with E-state index in [2.05, 4.69) is 22.3 Å². The van der Waals surface area contributed by atoms with E-state index in [4.69, 9.17) is 0 Å². The molecule has 0 saturated carbocycles. The predicted molar refractivity (Wildman–Crippen MR) is 79.7 cm³/mol. The van der Waals surface area contributed by atoms with Crippen LogP contribution in [-0.2, 0) is 4.79 Å². The van der Waals surface area contributed by atoms with Crippen LogP contribution >= 0.6 is 0 Å². The standard InChI is InChI=1S/C15H23N3O/c1-3-17(2)15(19)12-16-13-6-8-14(9-7-13)18-10-4-5-11-18/h6-9,16H,3-5,10-12H2,1-2H3. The van der Waals surface area contributed by atoms with Gasteiger partial charge in [-0.05, 0) is 44.0 Å². The third-order valence-corrected chi connectivity index (χ3v) is 3.68. The van der Waals surface area contributed by atoms with Crippen molar-refractivity contribution in [3.8, 4) is 0 Å². The Labute approximate surface area is 115 Å². The number of carbonyl (C=O) groups excluding carboxylic acids is 1. The number of anilines is 2. The molecule has 1 aromatic rings. The van der Waals surface area contributed by atoms with Crippen LogP contribution in [0.3, 0.4) is 0 Å². The Bertz CT molecular complexity index is 410. The molecule has 4 heteroatoms. The summed E-state index contributed by atoms with van der Waals surface area (Å²) in [6, 6.07) is 8.35. The van der Waals surface area contributed by atoms with Crippen LogP contribution in [0.25, 0.3) is 0 Å². The number of hydrogen-bond acceptors (Lipinski definition) is 3. The summed E-state index contributed by atoms with van der Waals surface area (Å²) in [5.74, 6) is 0.117. The van der Waals surface area contributed by atoms with Gasteiger partial charge < -0.3 is 15.1 Å². The van der Waals surface area contributed by atoms with E-state index in [0.29, 0.717) is 6.54 Å². The lowest BCUT2D eigenvalue weighted by atomic mass is 10.2. The summed E-state index contributed by atoms with van der Waals surface area (Å²) in [6.45, 7) is 5.39. The molecule has 1 fully saturated rings. The van der Waals surface area contributed by atoms with Crippen LogP contribution in [0.15, 0.2) is 24.3 Å². The van der Waals surface area contributed by atoms with E-state index >= 15 is 0 Å². The average Bonchev–Trinajstić information content (AvgIpc) is 2.98. The molecule has 1 heterocycles. The highest BCUT2D eigenvalue weighted by atomic mass is 16.2. The lowest BCUT2D eigenvalue weighted by molar-refractivity contribution is -0.127. The first kappa shape index (κ1) is 13.7. The Morgan fingerprint density at radius 1 is 1.26 bits per heavy atom. The summed E-state index contributed by atoms with van der Waals surface area (Å²) in [5, 5.41) is 3.17. The van der Waals surface area contributed by atoms with Gasteiger partial charge >= 0.3 is 0 Å². The van der Waals surface area contributed by atoms with E-state index < -0.39 is 0 Å². The molecule has 0 atom stereocenters. The van der Waals surface area contributed by atoms with Crippen LogP contribution in [0.5, 0.6) is 0 Å². The molecule has 4 nitrogen and oxygen atoms in total. The maximum Gasteiger partial charge on any atom is 0.241 e. The van der Waals surface area contributed by atoms with Crippen molar-refractivity contribution in [3.63, 3.8) is 0 Å². The number of benzene rings is 1. The zero-order valence-electron chi connectivity index (χ0n) is 11.9. The van der Waals surface area contributed by atoms with E-state index in [1.54, 1.807) is 4.90 Å². The average molecular weight is 261 g/mol. The van der Waals surface area contributed by atoms with Crippen molar-refractivity contribution in [1.82, 2.24) is 4.90 Å². The Kier molecular flexibility index (Phi) is 4.66. The van der Waals surface area contributed by atoms with Gasteiger partial charge in [0.25, 0.3) is 0 Å². The molecular weight excluding hydrogens is 238 g/mol. The van der Waals surface area contributed by atoms with Crippen LogP contribution in [0.2, 0.25) is 0 Å². The minimum absolute atomic E-state index is 0.117.